The van der Waals surface area contributed by atoms with Crippen molar-refractivity contribution in [1.29, 1.82) is 0 Å². The van der Waals surface area contributed by atoms with Crippen molar-refractivity contribution < 1.29 is 28.9 Å². The third-order valence-electron chi connectivity index (χ3n) is 2.04. The summed E-state index contributed by atoms with van der Waals surface area (Å²) in [7, 11) is 0. The van der Waals surface area contributed by atoms with Gasteiger partial charge in [-0.1, -0.05) is 0 Å². The number of hydrogen-bond acceptors (Lipinski definition) is 6. The molecule has 0 saturated carbocycles. The van der Waals surface area contributed by atoms with Crippen LogP contribution < -0.4 is 10.9 Å². The van der Waals surface area contributed by atoms with E-state index in [1.165, 1.54) is 0 Å². The third kappa shape index (κ3) is 15.0. The maximum atomic E-state index is 11.5. The second-order valence-electron chi connectivity index (χ2n) is 6.95. The smallest absolute Gasteiger partial charge is 0.306 e. The Morgan fingerprint density at radius 3 is 1.78 bits per heavy atom. The Morgan fingerprint density at radius 1 is 0.783 bits per heavy atom. The summed E-state index contributed by atoms with van der Waals surface area (Å²) in [5.74, 6) is -1.36. The molecule has 0 aliphatic carbocycles. The molecule has 0 atom stereocenters. The van der Waals surface area contributed by atoms with Crippen molar-refractivity contribution in [2.75, 3.05) is 6.61 Å². The number of carbonyl (C=O) groups excluding carboxylic acids is 3. The molecule has 0 aromatic heterocycles. The van der Waals surface area contributed by atoms with E-state index >= 15 is 0 Å². The highest BCUT2D eigenvalue weighted by atomic mass is 17.2. The van der Waals surface area contributed by atoms with Gasteiger partial charge in [-0.05, 0) is 41.5 Å². The van der Waals surface area contributed by atoms with Gasteiger partial charge in [0.05, 0.1) is 25.0 Å². The number of rotatable bonds is 7. The summed E-state index contributed by atoms with van der Waals surface area (Å²) in [5.41, 5.74) is 3.40. The zero-order valence-electron chi connectivity index (χ0n) is 14.8. The van der Waals surface area contributed by atoms with Gasteiger partial charge in [-0.2, -0.15) is 0 Å². The van der Waals surface area contributed by atoms with Crippen LogP contribution in [0.2, 0.25) is 0 Å². The second-order valence-corrected chi connectivity index (χ2v) is 6.95. The summed E-state index contributed by atoms with van der Waals surface area (Å²) in [4.78, 5) is 44.2. The summed E-state index contributed by atoms with van der Waals surface area (Å²) in [5, 5.41) is 0. The number of hydrogen-bond donors (Lipinski definition) is 2. The zero-order chi connectivity index (χ0) is 18.1. The Morgan fingerprint density at radius 2 is 1.30 bits per heavy atom. The van der Waals surface area contributed by atoms with E-state index in [-0.39, 0.29) is 25.9 Å². The van der Waals surface area contributed by atoms with Crippen molar-refractivity contribution in [1.82, 2.24) is 10.9 Å². The molecule has 8 nitrogen and oxygen atoms in total. The molecular formula is C15H28N2O6. The molecule has 0 unspecified atom stereocenters. The maximum Gasteiger partial charge on any atom is 0.306 e. The first-order chi connectivity index (χ1) is 10.4. The lowest BCUT2D eigenvalue weighted by atomic mass is 10.2. The molecular weight excluding hydrogens is 304 g/mol. The van der Waals surface area contributed by atoms with Gasteiger partial charge in [0.1, 0.15) is 5.60 Å². The van der Waals surface area contributed by atoms with E-state index in [4.69, 9.17) is 14.5 Å². The Balaban J connectivity index is 3.76. The topological polar surface area (TPSA) is 103 Å². The fraction of sp³-hybridized carbons (Fsp3) is 0.800. The van der Waals surface area contributed by atoms with Crippen LogP contribution >= 0.6 is 0 Å². The van der Waals surface area contributed by atoms with Crippen molar-refractivity contribution in [2.45, 2.75) is 72.0 Å². The molecule has 134 valence electrons. The molecule has 23 heavy (non-hydrogen) atoms. The fourth-order valence-electron chi connectivity index (χ4n) is 1.23. The third-order valence-corrected chi connectivity index (χ3v) is 2.04. The molecule has 0 bridgehead atoms. The van der Waals surface area contributed by atoms with Crippen LogP contribution in [0.15, 0.2) is 0 Å². The molecule has 2 amide bonds. The monoisotopic (exact) mass is 332 g/mol. The van der Waals surface area contributed by atoms with Gasteiger partial charge in [0.2, 0.25) is 11.8 Å². The normalized spacial score (nSPS) is 11.7. The Hall–Kier alpha value is -1.67. The van der Waals surface area contributed by atoms with Crippen LogP contribution in [0.1, 0.15) is 60.8 Å². The minimum absolute atomic E-state index is 0.0302. The number of hydrazine groups is 1. The van der Waals surface area contributed by atoms with Crippen LogP contribution in [0.25, 0.3) is 0 Å². The molecule has 0 fully saturated rings. The molecule has 0 spiro atoms. The lowest BCUT2D eigenvalue weighted by Gasteiger charge is -2.19. The van der Waals surface area contributed by atoms with E-state index in [2.05, 4.69) is 10.9 Å². The summed E-state index contributed by atoms with van der Waals surface area (Å²) in [6, 6.07) is 0. The van der Waals surface area contributed by atoms with E-state index in [0.29, 0.717) is 0 Å². The van der Waals surface area contributed by atoms with E-state index in [1.54, 1.807) is 20.8 Å². The summed E-state index contributed by atoms with van der Waals surface area (Å²) >= 11 is 0. The minimum atomic E-state index is -0.586. The van der Waals surface area contributed by atoms with Gasteiger partial charge >= 0.3 is 5.97 Å². The average Bonchev–Trinajstić information content (AvgIpc) is 2.36. The van der Waals surface area contributed by atoms with E-state index in [9.17, 15) is 14.4 Å². The largest absolute Gasteiger partial charge is 0.460 e. The zero-order valence-corrected chi connectivity index (χ0v) is 14.8. The first-order valence-electron chi connectivity index (χ1n) is 7.49. The fourth-order valence-corrected chi connectivity index (χ4v) is 1.23. The molecule has 0 aromatic carbocycles. The first kappa shape index (κ1) is 21.3. The summed E-state index contributed by atoms with van der Waals surface area (Å²) in [6.07, 6.45) is -0.0945. The van der Waals surface area contributed by atoms with Crippen LogP contribution in [0, 0.1) is 0 Å². The molecule has 0 heterocycles. The van der Waals surface area contributed by atoms with Crippen LogP contribution in [-0.4, -0.2) is 35.6 Å². The number of esters is 1. The highest BCUT2D eigenvalue weighted by Gasteiger charge is 2.17. The van der Waals surface area contributed by atoms with Gasteiger partial charge in [0.25, 0.3) is 0 Å². The molecule has 0 aliphatic heterocycles. The van der Waals surface area contributed by atoms with E-state index in [1.807, 2.05) is 20.8 Å². The quantitative estimate of drug-likeness (QED) is 0.316. The Labute approximate surface area is 137 Å². The lowest BCUT2D eigenvalue weighted by molar-refractivity contribution is -0.347. The Kier molecular flexibility index (Phi) is 8.78. The minimum Gasteiger partial charge on any atom is -0.460 e. The first-order valence-corrected chi connectivity index (χ1v) is 7.49. The predicted molar refractivity (Wildman–Crippen MR) is 82.8 cm³/mol. The van der Waals surface area contributed by atoms with Gasteiger partial charge in [-0.15, -0.1) is 0 Å². The van der Waals surface area contributed by atoms with Gasteiger partial charge in [-0.3, -0.25) is 25.2 Å². The second kappa shape index (κ2) is 9.46. The highest BCUT2D eigenvalue weighted by molar-refractivity contribution is 5.84. The number of nitrogens with one attached hydrogen (secondary N) is 2. The van der Waals surface area contributed by atoms with Gasteiger partial charge < -0.3 is 4.74 Å². The van der Waals surface area contributed by atoms with Gasteiger partial charge in [0.15, 0.2) is 0 Å². The van der Waals surface area contributed by atoms with Crippen molar-refractivity contribution in [3.63, 3.8) is 0 Å². The predicted octanol–water partition coefficient (Wildman–Crippen LogP) is 1.39. The molecule has 8 heteroatoms. The highest BCUT2D eigenvalue weighted by Crippen LogP contribution is 2.09. The van der Waals surface area contributed by atoms with Crippen LogP contribution in [0.4, 0.5) is 0 Å². The summed E-state index contributed by atoms with van der Waals surface area (Å²) in [6.45, 7) is 10.8. The van der Waals surface area contributed by atoms with Crippen molar-refractivity contribution >= 4 is 17.8 Å². The van der Waals surface area contributed by atoms with Crippen molar-refractivity contribution in [2.24, 2.45) is 0 Å². The maximum absolute atomic E-state index is 11.5. The van der Waals surface area contributed by atoms with Crippen molar-refractivity contribution in [3.05, 3.63) is 0 Å². The number of amides is 2. The molecule has 2 N–H and O–H groups in total. The lowest BCUT2D eigenvalue weighted by Crippen LogP contribution is -2.42. The average molecular weight is 332 g/mol. The molecule has 0 saturated heterocycles. The summed E-state index contributed by atoms with van der Waals surface area (Å²) < 4.78 is 5.07. The molecule has 0 radical (unpaired) electrons. The number of ether oxygens (including phenoxy) is 1. The SMILES string of the molecule is CC(C)(C)OOCCC(=O)NNC(=O)CCC(=O)OC(C)(C)C. The van der Waals surface area contributed by atoms with E-state index < -0.39 is 29.0 Å². The molecule has 0 rings (SSSR count). The Bertz CT molecular complexity index is 409. The van der Waals surface area contributed by atoms with Gasteiger partial charge in [-0.25, -0.2) is 9.78 Å². The molecule has 0 aromatic rings. The van der Waals surface area contributed by atoms with Crippen LogP contribution in [-0.2, 0) is 28.9 Å². The molecule has 0 aliphatic rings. The standard InChI is InChI=1S/C15H28N2O6/c1-14(2,3)22-13(20)8-7-11(18)16-17-12(19)9-10-21-23-15(4,5)6/h7-10H2,1-6H3,(H,16,18)(H,17,19). The van der Waals surface area contributed by atoms with Crippen LogP contribution in [0.3, 0.4) is 0 Å². The van der Waals surface area contributed by atoms with Crippen LogP contribution in [0.5, 0.6) is 0 Å². The van der Waals surface area contributed by atoms with E-state index in [0.717, 1.165) is 0 Å². The number of carbonyl (C=O) groups is 3. The van der Waals surface area contributed by atoms with Crippen molar-refractivity contribution in [3.8, 4) is 0 Å². The van der Waals surface area contributed by atoms with Gasteiger partial charge in [0, 0.05) is 6.42 Å².